The number of pyridine rings is 1. The molecule has 0 aliphatic carbocycles. The molecule has 5 rings (SSSR count). The molecule has 1 saturated heterocycles. The van der Waals surface area contributed by atoms with Crippen LogP contribution in [0, 0.1) is 5.82 Å². The van der Waals surface area contributed by atoms with Gasteiger partial charge in [-0.1, -0.05) is 37.8 Å². The first-order valence-electron chi connectivity index (χ1n) is 15.0. The van der Waals surface area contributed by atoms with E-state index in [4.69, 9.17) is 19.7 Å². The second-order valence-electron chi connectivity index (χ2n) is 12.3. The maximum Gasteiger partial charge on any atom is 0.407 e. The van der Waals surface area contributed by atoms with Crippen molar-refractivity contribution >= 4 is 30.8 Å². The fraction of sp³-hybridized carbons (Fsp3) is 0.406. The zero-order chi connectivity index (χ0) is 32.1. The van der Waals surface area contributed by atoms with E-state index < -0.39 is 20.0 Å². The molecule has 0 radical (unpaired) electrons. The number of nitrogens with zero attached hydrogens (tertiary/aromatic N) is 5. The lowest BCUT2D eigenvalue weighted by Gasteiger charge is -2.34. The topological polar surface area (TPSA) is 133 Å². The van der Waals surface area contributed by atoms with Gasteiger partial charge in [-0.15, -0.1) is 0 Å². The van der Waals surface area contributed by atoms with Crippen molar-refractivity contribution in [2.45, 2.75) is 39.0 Å². The number of aliphatic hydroxyl groups is 1. The van der Waals surface area contributed by atoms with Gasteiger partial charge in [-0.05, 0) is 35.9 Å². The summed E-state index contributed by atoms with van der Waals surface area (Å²) in [6.07, 6.45) is 0.708. The van der Waals surface area contributed by atoms with Crippen LogP contribution in [0.15, 0.2) is 48.7 Å². The molecular weight excluding hydrogens is 597 g/mol. The molecule has 1 aliphatic rings. The number of aromatic hydroxyl groups is 1. The Labute approximate surface area is 262 Å². The standard InChI is InChI=1S/C32H40FN5O6Si/c1-45(2,3)16-15-44-21-38-28-19-34-26(30-23(20-43-14-13-39)5-4-6-25(30)33)18-24(28)31(35-38)22-7-8-27(29(40)17-22)36-9-11-37(12-10-36)32(41)42/h4-8,17-19,39-40H,9-16,20-21H2,1-3H3,(H,41,42). The first kappa shape index (κ1) is 32.4. The Hall–Kier alpha value is -4.04. The third-order valence-corrected chi connectivity index (χ3v) is 9.54. The van der Waals surface area contributed by atoms with Crippen LogP contribution in [0.4, 0.5) is 14.9 Å². The molecule has 1 aliphatic heterocycles. The summed E-state index contributed by atoms with van der Waals surface area (Å²) >= 11 is 0. The third kappa shape index (κ3) is 7.61. The second-order valence-corrected chi connectivity index (χ2v) is 17.9. The number of amides is 1. The third-order valence-electron chi connectivity index (χ3n) is 7.84. The van der Waals surface area contributed by atoms with E-state index in [0.29, 0.717) is 77.5 Å². The van der Waals surface area contributed by atoms with Crippen molar-refractivity contribution in [2.24, 2.45) is 0 Å². The molecule has 3 N–H and O–H groups in total. The molecule has 13 heteroatoms. The van der Waals surface area contributed by atoms with Crippen molar-refractivity contribution in [3.63, 3.8) is 0 Å². The van der Waals surface area contributed by atoms with E-state index in [1.165, 1.54) is 11.0 Å². The number of carbonyl (C=O) groups is 1. The zero-order valence-corrected chi connectivity index (χ0v) is 26.9. The number of ether oxygens (including phenoxy) is 2. The first-order valence-corrected chi connectivity index (χ1v) is 18.7. The normalized spacial score (nSPS) is 14.0. The summed E-state index contributed by atoms with van der Waals surface area (Å²) in [5, 5.41) is 35.1. The van der Waals surface area contributed by atoms with Gasteiger partial charge in [0.1, 0.15) is 24.0 Å². The average molecular weight is 638 g/mol. The first-order chi connectivity index (χ1) is 21.6. The van der Waals surface area contributed by atoms with Crippen LogP contribution in [0.5, 0.6) is 5.75 Å². The highest BCUT2D eigenvalue weighted by Crippen LogP contribution is 2.37. The van der Waals surface area contributed by atoms with Crippen molar-refractivity contribution in [3.05, 3.63) is 60.0 Å². The van der Waals surface area contributed by atoms with Gasteiger partial charge in [-0.25, -0.2) is 13.9 Å². The Morgan fingerprint density at radius 3 is 2.51 bits per heavy atom. The molecule has 0 bridgehead atoms. The molecule has 3 heterocycles. The Bertz CT molecular complexity index is 1650. The van der Waals surface area contributed by atoms with Crippen LogP contribution in [0.2, 0.25) is 25.7 Å². The number of carboxylic acid groups (broad SMARTS) is 1. The number of phenols is 1. The zero-order valence-electron chi connectivity index (χ0n) is 25.9. The number of anilines is 1. The predicted octanol–water partition coefficient (Wildman–Crippen LogP) is 5.23. The summed E-state index contributed by atoms with van der Waals surface area (Å²) < 4.78 is 28.5. The SMILES string of the molecule is C[Si](C)(C)CCOCn1nc(-c2ccc(N3CCN(C(=O)O)CC3)c(O)c2)c2cc(-c3c(F)cccc3COCCO)ncc21. The minimum absolute atomic E-state index is 0.0528. The van der Waals surface area contributed by atoms with Gasteiger partial charge in [-0.3, -0.25) is 4.98 Å². The van der Waals surface area contributed by atoms with E-state index in [1.54, 1.807) is 35.1 Å². The molecule has 0 unspecified atom stereocenters. The predicted molar refractivity (Wildman–Crippen MR) is 173 cm³/mol. The van der Waals surface area contributed by atoms with Crippen LogP contribution in [0.3, 0.4) is 0 Å². The van der Waals surface area contributed by atoms with Crippen molar-refractivity contribution in [3.8, 4) is 28.3 Å². The Kier molecular flexibility index (Phi) is 10.0. The summed E-state index contributed by atoms with van der Waals surface area (Å²) in [6.45, 7) is 9.42. The van der Waals surface area contributed by atoms with Gasteiger partial charge < -0.3 is 34.6 Å². The van der Waals surface area contributed by atoms with Gasteiger partial charge in [-0.2, -0.15) is 5.10 Å². The van der Waals surface area contributed by atoms with Gasteiger partial charge in [0.15, 0.2) is 0 Å². The molecule has 45 heavy (non-hydrogen) atoms. The van der Waals surface area contributed by atoms with E-state index >= 15 is 4.39 Å². The molecule has 1 fully saturated rings. The minimum Gasteiger partial charge on any atom is -0.506 e. The van der Waals surface area contributed by atoms with Crippen molar-refractivity contribution in [1.82, 2.24) is 19.7 Å². The van der Waals surface area contributed by atoms with Crippen LogP contribution >= 0.6 is 0 Å². The van der Waals surface area contributed by atoms with E-state index in [9.17, 15) is 15.0 Å². The minimum atomic E-state index is -1.29. The number of halogens is 1. The maximum absolute atomic E-state index is 15.3. The van der Waals surface area contributed by atoms with E-state index in [1.807, 2.05) is 17.0 Å². The summed E-state index contributed by atoms with van der Waals surface area (Å²) in [6, 6.07) is 12.9. The second kappa shape index (κ2) is 13.9. The van der Waals surface area contributed by atoms with E-state index in [-0.39, 0.29) is 32.3 Å². The number of aromatic nitrogens is 3. The summed E-state index contributed by atoms with van der Waals surface area (Å²) in [7, 11) is -1.29. The fourth-order valence-corrected chi connectivity index (χ4v) is 6.11. The fourth-order valence-electron chi connectivity index (χ4n) is 5.35. The van der Waals surface area contributed by atoms with E-state index in [0.717, 1.165) is 6.04 Å². The summed E-state index contributed by atoms with van der Waals surface area (Å²) in [5.41, 5.74) is 3.86. The van der Waals surface area contributed by atoms with Crippen LogP contribution in [0.25, 0.3) is 33.4 Å². The number of piperazine rings is 1. The number of benzene rings is 2. The molecule has 2 aromatic heterocycles. The summed E-state index contributed by atoms with van der Waals surface area (Å²) in [5.74, 6) is -0.391. The number of hydrogen-bond donors (Lipinski definition) is 3. The van der Waals surface area contributed by atoms with Crippen LogP contribution in [-0.4, -0.2) is 95.2 Å². The quantitative estimate of drug-likeness (QED) is 0.141. The van der Waals surface area contributed by atoms with Gasteiger partial charge >= 0.3 is 6.09 Å². The molecular formula is C32H40FN5O6Si. The van der Waals surface area contributed by atoms with Crippen molar-refractivity contribution in [1.29, 1.82) is 0 Å². The van der Waals surface area contributed by atoms with Gasteiger partial charge in [0.05, 0.1) is 42.9 Å². The highest BCUT2D eigenvalue weighted by atomic mass is 28.3. The van der Waals surface area contributed by atoms with Crippen LogP contribution < -0.4 is 4.90 Å². The number of aliphatic hydroxyl groups excluding tert-OH is 1. The van der Waals surface area contributed by atoms with Gasteiger partial charge in [0.2, 0.25) is 0 Å². The highest BCUT2D eigenvalue weighted by Gasteiger charge is 2.24. The highest BCUT2D eigenvalue weighted by molar-refractivity contribution is 6.76. The number of rotatable bonds is 12. The van der Waals surface area contributed by atoms with Crippen molar-refractivity contribution < 1.29 is 34.0 Å². The van der Waals surface area contributed by atoms with E-state index in [2.05, 4.69) is 24.6 Å². The van der Waals surface area contributed by atoms with Crippen LogP contribution in [-0.2, 0) is 22.8 Å². The molecule has 11 nitrogen and oxygen atoms in total. The Morgan fingerprint density at radius 1 is 1.04 bits per heavy atom. The van der Waals surface area contributed by atoms with Gasteiger partial charge in [0.25, 0.3) is 0 Å². The molecule has 2 aromatic carbocycles. The monoisotopic (exact) mass is 637 g/mol. The summed E-state index contributed by atoms with van der Waals surface area (Å²) in [4.78, 5) is 19.3. The molecule has 0 atom stereocenters. The average Bonchev–Trinajstić information content (AvgIpc) is 3.37. The molecule has 0 saturated carbocycles. The van der Waals surface area contributed by atoms with Crippen molar-refractivity contribution in [2.75, 3.05) is 50.9 Å². The molecule has 0 spiro atoms. The lowest BCUT2D eigenvalue weighted by molar-refractivity contribution is 0.0816. The van der Waals surface area contributed by atoms with Crippen LogP contribution in [0.1, 0.15) is 5.56 Å². The Morgan fingerprint density at radius 2 is 1.82 bits per heavy atom. The van der Waals surface area contributed by atoms with Gasteiger partial charge in [0, 0.05) is 57.4 Å². The lowest BCUT2D eigenvalue weighted by Crippen LogP contribution is -2.48. The number of hydrogen-bond acceptors (Lipinski definition) is 8. The lowest BCUT2D eigenvalue weighted by atomic mass is 10.0. The molecule has 1 amide bonds. The number of phenolic OH excluding ortho intramolecular Hbond substituents is 1. The molecule has 240 valence electrons. The molecule has 4 aromatic rings. The number of fused-ring (bicyclic) bond motifs is 1. The maximum atomic E-state index is 15.3. The Balaban J connectivity index is 1.52. The largest absolute Gasteiger partial charge is 0.506 e. The smallest absolute Gasteiger partial charge is 0.407 e.